The molecule has 0 saturated heterocycles. The average molecular weight is 321 g/mol. The van der Waals surface area contributed by atoms with Crippen LogP contribution in [0.25, 0.3) is 5.65 Å². The van der Waals surface area contributed by atoms with Gasteiger partial charge in [-0.15, -0.1) is 0 Å². The highest BCUT2D eigenvalue weighted by molar-refractivity contribution is 9.10. The molecule has 3 heterocycles. The van der Waals surface area contributed by atoms with E-state index in [0.29, 0.717) is 0 Å². The van der Waals surface area contributed by atoms with Gasteiger partial charge in [-0.2, -0.15) is 0 Å². The van der Waals surface area contributed by atoms with Gasteiger partial charge in [-0.25, -0.2) is 15.0 Å². The summed E-state index contributed by atoms with van der Waals surface area (Å²) in [6, 6.07) is 7.76. The van der Waals surface area contributed by atoms with E-state index in [1.807, 2.05) is 34.9 Å². The average Bonchev–Trinajstić information content (AvgIpc) is 2.75. The minimum Gasteiger partial charge on any atom is -0.294 e. The van der Waals surface area contributed by atoms with Crippen molar-refractivity contribution in [2.45, 2.75) is 10.9 Å². The Bertz CT molecular complexity index is 668. The van der Waals surface area contributed by atoms with Crippen LogP contribution in [0.4, 0.5) is 0 Å². The number of halogens is 1. The highest BCUT2D eigenvalue weighted by Crippen LogP contribution is 2.25. The van der Waals surface area contributed by atoms with Crippen molar-refractivity contribution in [2.75, 3.05) is 0 Å². The highest BCUT2D eigenvalue weighted by Gasteiger charge is 2.09. The number of rotatable bonds is 3. The lowest BCUT2D eigenvalue weighted by molar-refractivity contribution is 0.965. The molecule has 6 heteroatoms. The molecule has 0 amide bonds. The summed E-state index contributed by atoms with van der Waals surface area (Å²) in [7, 11) is 0. The number of thioether (sulfide) groups is 1. The second-order valence-electron chi connectivity index (χ2n) is 3.60. The summed E-state index contributed by atoms with van der Waals surface area (Å²) in [5.41, 5.74) is 1.94. The van der Waals surface area contributed by atoms with E-state index < -0.39 is 0 Å². The molecule has 0 saturated carbocycles. The predicted octanol–water partition coefficient (Wildman–Crippen LogP) is 3.18. The van der Waals surface area contributed by atoms with Gasteiger partial charge in [0.2, 0.25) is 0 Å². The fraction of sp³-hybridized carbons (Fsp3) is 0.0833. The molecule has 0 fully saturated rings. The van der Waals surface area contributed by atoms with Gasteiger partial charge in [0.15, 0.2) is 5.16 Å². The van der Waals surface area contributed by atoms with Gasteiger partial charge in [0.25, 0.3) is 0 Å². The van der Waals surface area contributed by atoms with Crippen LogP contribution in [0.1, 0.15) is 5.69 Å². The van der Waals surface area contributed by atoms with E-state index in [1.165, 1.54) is 0 Å². The number of imidazole rings is 1. The van der Waals surface area contributed by atoms with Crippen LogP contribution in [0.15, 0.2) is 52.6 Å². The van der Waals surface area contributed by atoms with Crippen molar-refractivity contribution < 1.29 is 0 Å². The molecule has 0 N–H and O–H groups in total. The molecular weight excluding hydrogens is 312 g/mol. The van der Waals surface area contributed by atoms with E-state index in [4.69, 9.17) is 0 Å². The lowest BCUT2D eigenvalue weighted by atomic mass is 10.5. The maximum Gasteiger partial charge on any atom is 0.187 e. The molecule has 0 unspecified atom stereocenters. The normalized spacial score (nSPS) is 10.9. The number of hydrogen-bond acceptors (Lipinski definition) is 4. The van der Waals surface area contributed by atoms with Crippen LogP contribution >= 0.6 is 27.7 Å². The molecular formula is C12H9BrN4S. The molecule has 0 spiro atoms. The SMILES string of the molecule is Brc1c(CSc2ncccn2)nc2ccccn12. The predicted molar refractivity (Wildman–Crippen MR) is 74.5 cm³/mol. The van der Waals surface area contributed by atoms with E-state index in [0.717, 1.165) is 26.9 Å². The molecule has 18 heavy (non-hydrogen) atoms. The van der Waals surface area contributed by atoms with Crippen LogP contribution in [-0.4, -0.2) is 19.4 Å². The van der Waals surface area contributed by atoms with Gasteiger partial charge in [-0.1, -0.05) is 17.8 Å². The third-order valence-electron chi connectivity index (χ3n) is 2.42. The minimum absolute atomic E-state index is 0.742. The first-order valence-electron chi connectivity index (χ1n) is 5.36. The number of nitrogens with zero attached hydrogens (tertiary/aromatic N) is 4. The maximum absolute atomic E-state index is 4.57. The molecule has 4 nitrogen and oxygen atoms in total. The fourth-order valence-corrected chi connectivity index (χ4v) is 3.05. The molecule has 0 atom stereocenters. The highest BCUT2D eigenvalue weighted by atomic mass is 79.9. The third kappa shape index (κ3) is 2.26. The van der Waals surface area contributed by atoms with E-state index in [1.54, 1.807) is 24.2 Å². The van der Waals surface area contributed by atoms with Crippen LogP contribution in [-0.2, 0) is 5.75 Å². The van der Waals surface area contributed by atoms with Crippen molar-refractivity contribution >= 4 is 33.3 Å². The summed E-state index contributed by atoms with van der Waals surface area (Å²) in [5, 5.41) is 0.765. The summed E-state index contributed by atoms with van der Waals surface area (Å²) in [4.78, 5) is 12.9. The number of aromatic nitrogens is 4. The van der Waals surface area contributed by atoms with E-state index in [-0.39, 0.29) is 0 Å². The summed E-state index contributed by atoms with van der Waals surface area (Å²) in [5.74, 6) is 0.742. The number of pyridine rings is 1. The lowest BCUT2D eigenvalue weighted by Crippen LogP contribution is -1.87. The largest absolute Gasteiger partial charge is 0.294 e. The fourth-order valence-electron chi connectivity index (χ4n) is 1.60. The van der Waals surface area contributed by atoms with E-state index in [2.05, 4.69) is 30.9 Å². The quantitative estimate of drug-likeness (QED) is 0.549. The van der Waals surface area contributed by atoms with Crippen molar-refractivity contribution in [1.29, 1.82) is 0 Å². The molecule has 0 aromatic carbocycles. The van der Waals surface area contributed by atoms with Crippen LogP contribution < -0.4 is 0 Å². The maximum atomic E-state index is 4.57. The van der Waals surface area contributed by atoms with Gasteiger partial charge in [-0.05, 0) is 34.1 Å². The molecule has 0 aliphatic heterocycles. The summed E-state index contributed by atoms with van der Waals surface area (Å²) in [6.45, 7) is 0. The summed E-state index contributed by atoms with van der Waals surface area (Å²) in [6.07, 6.45) is 5.47. The molecule has 3 aromatic rings. The Morgan fingerprint density at radius 2 is 2.00 bits per heavy atom. The molecule has 90 valence electrons. The van der Waals surface area contributed by atoms with Gasteiger partial charge < -0.3 is 0 Å². The van der Waals surface area contributed by atoms with Crippen LogP contribution in [0, 0.1) is 0 Å². The molecule has 0 bridgehead atoms. The Morgan fingerprint density at radius 1 is 1.17 bits per heavy atom. The lowest BCUT2D eigenvalue weighted by Gasteiger charge is -1.97. The zero-order chi connectivity index (χ0) is 12.4. The van der Waals surface area contributed by atoms with Gasteiger partial charge in [0, 0.05) is 24.3 Å². The first-order valence-corrected chi connectivity index (χ1v) is 7.14. The monoisotopic (exact) mass is 320 g/mol. The topological polar surface area (TPSA) is 43.1 Å². The molecule has 0 aliphatic rings. The molecule has 3 aromatic heterocycles. The number of hydrogen-bond donors (Lipinski definition) is 0. The molecule has 3 rings (SSSR count). The van der Waals surface area contributed by atoms with Crippen LogP contribution in [0.5, 0.6) is 0 Å². The van der Waals surface area contributed by atoms with Gasteiger partial charge in [-0.3, -0.25) is 4.40 Å². The minimum atomic E-state index is 0.742. The van der Waals surface area contributed by atoms with Gasteiger partial charge in [0.1, 0.15) is 10.3 Å². The standard InChI is InChI=1S/C12H9BrN4S/c13-11-9(8-18-12-14-5-3-6-15-12)16-10-4-1-2-7-17(10)11/h1-7H,8H2. The van der Waals surface area contributed by atoms with Crippen molar-refractivity contribution in [3.05, 3.63) is 53.2 Å². The zero-order valence-electron chi connectivity index (χ0n) is 9.32. The molecule has 0 aliphatic carbocycles. The zero-order valence-corrected chi connectivity index (χ0v) is 11.7. The first-order chi connectivity index (χ1) is 8.84. The van der Waals surface area contributed by atoms with Crippen molar-refractivity contribution in [1.82, 2.24) is 19.4 Å². The van der Waals surface area contributed by atoms with Crippen molar-refractivity contribution in [2.24, 2.45) is 0 Å². The second kappa shape index (κ2) is 5.07. The summed E-state index contributed by atoms with van der Waals surface area (Å²) < 4.78 is 3.00. The second-order valence-corrected chi connectivity index (χ2v) is 5.29. The van der Waals surface area contributed by atoms with E-state index in [9.17, 15) is 0 Å². The Balaban J connectivity index is 1.85. The molecule has 0 radical (unpaired) electrons. The van der Waals surface area contributed by atoms with E-state index >= 15 is 0 Å². The number of fused-ring (bicyclic) bond motifs is 1. The Morgan fingerprint density at radius 3 is 2.78 bits per heavy atom. The third-order valence-corrected chi connectivity index (χ3v) is 4.14. The Kier molecular flexibility index (Phi) is 3.29. The van der Waals surface area contributed by atoms with Crippen LogP contribution in [0.3, 0.4) is 0 Å². The van der Waals surface area contributed by atoms with Gasteiger partial charge >= 0.3 is 0 Å². The Labute approximate surface area is 117 Å². The summed E-state index contributed by atoms with van der Waals surface area (Å²) >= 11 is 5.15. The van der Waals surface area contributed by atoms with Crippen molar-refractivity contribution in [3.63, 3.8) is 0 Å². The van der Waals surface area contributed by atoms with Crippen LogP contribution in [0.2, 0.25) is 0 Å². The van der Waals surface area contributed by atoms with Crippen molar-refractivity contribution in [3.8, 4) is 0 Å². The Hall–Kier alpha value is -1.40. The van der Waals surface area contributed by atoms with Gasteiger partial charge in [0.05, 0.1) is 5.69 Å². The smallest absolute Gasteiger partial charge is 0.187 e. The first kappa shape index (κ1) is 11.7.